The van der Waals surface area contributed by atoms with Gasteiger partial charge in [-0.1, -0.05) is 6.07 Å². The molecule has 0 saturated heterocycles. The van der Waals surface area contributed by atoms with Gasteiger partial charge in [-0.2, -0.15) is 0 Å². The summed E-state index contributed by atoms with van der Waals surface area (Å²) in [5.41, 5.74) is 1.05. The normalized spacial score (nSPS) is 18.0. The van der Waals surface area contributed by atoms with Gasteiger partial charge in [0.25, 0.3) is 0 Å². The minimum atomic E-state index is -0.788. The number of hydrogen-bond donors (Lipinski definition) is 2. The summed E-state index contributed by atoms with van der Waals surface area (Å²) in [5.74, 6) is 0.245. The van der Waals surface area contributed by atoms with Crippen LogP contribution in [0.15, 0.2) is 41.7 Å². The highest BCUT2D eigenvalue weighted by molar-refractivity contribution is 5.94. The fourth-order valence-electron chi connectivity index (χ4n) is 3.46. The van der Waals surface area contributed by atoms with E-state index in [-0.39, 0.29) is 37.3 Å². The molecule has 5 rings (SSSR count). The van der Waals surface area contributed by atoms with E-state index in [4.69, 9.17) is 23.7 Å². The van der Waals surface area contributed by atoms with Crippen LogP contribution in [0.1, 0.15) is 17.0 Å². The zero-order valence-corrected chi connectivity index (χ0v) is 13.9. The number of cyclic esters (lactones) is 1. The summed E-state index contributed by atoms with van der Waals surface area (Å²) in [6.45, 7) is -0.0574. The summed E-state index contributed by atoms with van der Waals surface area (Å²) >= 11 is 0. The molecule has 0 spiro atoms. The van der Waals surface area contributed by atoms with Crippen molar-refractivity contribution in [1.82, 2.24) is 0 Å². The molecule has 0 aliphatic carbocycles. The summed E-state index contributed by atoms with van der Waals surface area (Å²) in [6, 6.07) is 8.19. The van der Waals surface area contributed by atoms with E-state index in [9.17, 15) is 15.0 Å². The van der Waals surface area contributed by atoms with E-state index in [1.807, 2.05) is 0 Å². The molecule has 3 aliphatic heterocycles. The molecule has 0 aromatic heterocycles. The van der Waals surface area contributed by atoms with Crippen LogP contribution in [-0.4, -0.2) is 36.4 Å². The average molecular weight is 370 g/mol. The molecule has 27 heavy (non-hydrogen) atoms. The lowest BCUT2D eigenvalue weighted by Gasteiger charge is -2.20. The van der Waals surface area contributed by atoms with Gasteiger partial charge in [-0.15, -0.1) is 0 Å². The number of aliphatic hydroxyl groups is 1. The first-order chi connectivity index (χ1) is 13.1. The summed E-state index contributed by atoms with van der Waals surface area (Å²) in [4.78, 5) is 12.3. The largest absolute Gasteiger partial charge is 0.508 e. The van der Waals surface area contributed by atoms with Crippen molar-refractivity contribution in [2.24, 2.45) is 0 Å². The van der Waals surface area contributed by atoms with Crippen LogP contribution in [0.5, 0.6) is 28.7 Å². The van der Waals surface area contributed by atoms with Gasteiger partial charge >= 0.3 is 5.97 Å². The van der Waals surface area contributed by atoms with Crippen LogP contribution in [0.2, 0.25) is 0 Å². The van der Waals surface area contributed by atoms with Crippen molar-refractivity contribution in [2.75, 3.05) is 20.2 Å². The first-order valence-corrected chi connectivity index (χ1v) is 8.23. The van der Waals surface area contributed by atoms with Crippen molar-refractivity contribution in [2.45, 2.75) is 5.92 Å². The molecule has 0 amide bonds. The molecule has 0 unspecified atom stereocenters. The summed E-state index contributed by atoms with van der Waals surface area (Å²) in [5, 5.41) is 20.9. The molecule has 1 atom stereocenters. The standard InChI is InChI=1S/C19H14O8/c20-11-5-16-15(26-8-27-16)4-10(11)17(18-12(21)6-23-19(18)22)9-1-2-13-14(3-9)25-7-24-13/h1-5,17,20-21H,6-8H2/t17-/m0/s1. The fourth-order valence-corrected chi connectivity index (χ4v) is 3.46. The highest BCUT2D eigenvalue weighted by atomic mass is 16.7. The van der Waals surface area contributed by atoms with Gasteiger partial charge in [0.1, 0.15) is 18.1 Å². The summed E-state index contributed by atoms with van der Waals surface area (Å²) in [7, 11) is 0. The van der Waals surface area contributed by atoms with Gasteiger partial charge < -0.3 is 33.9 Å². The van der Waals surface area contributed by atoms with Crippen LogP contribution in [0.3, 0.4) is 0 Å². The molecule has 2 aromatic rings. The van der Waals surface area contributed by atoms with Crippen molar-refractivity contribution >= 4 is 5.97 Å². The van der Waals surface area contributed by atoms with Gasteiger partial charge in [-0.25, -0.2) is 4.79 Å². The Morgan fingerprint density at radius 2 is 1.48 bits per heavy atom. The Balaban J connectivity index is 1.70. The zero-order chi connectivity index (χ0) is 18.5. The monoisotopic (exact) mass is 370 g/mol. The van der Waals surface area contributed by atoms with Crippen LogP contribution in [-0.2, 0) is 9.53 Å². The molecule has 2 N–H and O–H groups in total. The number of ether oxygens (including phenoxy) is 5. The maximum absolute atomic E-state index is 12.3. The molecule has 138 valence electrons. The molecule has 0 saturated carbocycles. The first kappa shape index (κ1) is 15.7. The second kappa shape index (κ2) is 5.73. The predicted octanol–water partition coefficient (Wildman–Crippen LogP) is 2.35. The van der Waals surface area contributed by atoms with Gasteiger partial charge in [0.05, 0.1) is 5.57 Å². The summed E-state index contributed by atoms with van der Waals surface area (Å²) in [6.07, 6.45) is 0. The van der Waals surface area contributed by atoms with E-state index in [0.29, 0.717) is 34.1 Å². The lowest BCUT2D eigenvalue weighted by Crippen LogP contribution is -2.12. The molecule has 8 heteroatoms. The van der Waals surface area contributed by atoms with Gasteiger partial charge in [0.2, 0.25) is 13.6 Å². The number of rotatable bonds is 3. The third kappa shape index (κ3) is 2.41. The van der Waals surface area contributed by atoms with Crippen LogP contribution >= 0.6 is 0 Å². The van der Waals surface area contributed by atoms with Gasteiger partial charge in [-0.05, 0) is 23.8 Å². The maximum atomic E-state index is 12.3. The first-order valence-electron chi connectivity index (χ1n) is 8.23. The Bertz CT molecular complexity index is 993. The van der Waals surface area contributed by atoms with E-state index >= 15 is 0 Å². The number of phenolic OH excluding ortho intramolecular Hbond substituents is 1. The quantitative estimate of drug-likeness (QED) is 0.794. The zero-order valence-electron chi connectivity index (χ0n) is 13.9. The highest BCUT2D eigenvalue weighted by Gasteiger charge is 2.37. The Labute approximate surface area is 153 Å². The molecule has 0 bridgehead atoms. The number of aromatic hydroxyl groups is 1. The van der Waals surface area contributed by atoms with E-state index in [1.54, 1.807) is 24.3 Å². The lowest BCUT2D eigenvalue weighted by atomic mass is 9.83. The molecule has 0 fully saturated rings. The molecular weight excluding hydrogens is 356 g/mol. The molecule has 8 nitrogen and oxygen atoms in total. The maximum Gasteiger partial charge on any atom is 0.338 e. The van der Waals surface area contributed by atoms with E-state index < -0.39 is 11.9 Å². The van der Waals surface area contributed by atoms with Crippen LogP contribution in [0.25, 0.3) is 0 Å². The Kier molecular flexibility index (Phi) is 3.33. The summed E-state index contributed by atoms with van der Waals surface area (Å²) < 4.78 is 26.4. The average Bonchev–Trinajstić information content (AvgIpc) is 3.37. The predicted molar refractivity (Wildman–Crippen MR) is 89.3 cm³/mol. The molecular formula is C19H14O8. The van der Waals surface area contributed by atoms with E-state index in [0.717, 1.165) is 0 Å². The topological polar surface area (TPSA) is 104 Å². The number of aliphatic hydroxyl groups excluding tert-OH is 1. The fraction of sp³-hybridized carbons (Fsp3) is 0.211. The highest BCUT2D eigenvalue weighted by Crippen LogP contribution is 2.47. The number of phenols is 1. The molecule has 2 aromatic carbocycles. The number of benzene rings is 2. The lowest BCUT2D eigenvalue weighted by molar-refractivity contribution is -0.136. The SMILES string of the molecule is O=C1OCC(O)=C1[C@@H](c1ccc2c(c1)OCO2)c1cc2c(cc1O)OCO2. The van der Waals surface area contributed by atoms with Crippen LogP contribution in [0.4, 0.5) is 0 Å². The number of hydrogen-bond acceptors (Lipinski definition) is 8. The van der Waals surface area contributed by atoms with Crippen LogP contribution in [0, 0.1) is 0 Å². The van der Waals surface area contributed by atoms with Crippen molar-refractivity contribution in [3.63, 3.8) is 0 Å². The second-order valence-corrected chi connectivity index (χ2v) is 6.25. The Morgan fingerprint density at radius 1 is 0.815 bits per heavy atom. The van der Waals surface area contributed by atoms with Crippen molar-refractivity contribution < 1.29 is 38.7 Å². The second-order valence-electron chi connectivity index (χ2n) is 6.25. The third-order valence-electron chi connectivity index (χ3n) is 4.72. The third-order valence-corrected chi connectivity index (χ3v) is 4.72. The smallest absolute Gasteiger partial charge is 0.338 e. The van der Waals surface area contributed by atoms with E-state index in [1.165, 1.54) is 6.07 Å². The van der Waals surface area contributed by atoms with Crippen molar-refractivity contribution in [1.29, 1.82) is 0 Å². The van der Waals surface area contributed by atoms with Crippen molar-refractivity contribution in [3.05, 3.63) is 52.8 Å². The van der Waals surface area contributed by atoms with Crippen molar-refractivity contribution in [3.8, 4) is 28.7 Å². The molecule has 3 heterocycles. The molecule has 3 aliphatic rings. The minimum absolute atomic E-state index is 0.0445. The van der Waals surface area contributed by atoms with Gasteiger partial charge in [0, 0.05) is 17.5 Å². The van der Waals surface area contributed by atoms with E-state index in [2.05, 4.69) is 0 Å². The van der Waals surface area contributed by atoms with Crippen LogP contribution < -0.4 is 18.9 Å². The number of carbonyl (C=O) groups is 1. The van der Waals surface area contributed by atoms with Gasteiger partial charge in [0.15, 0.2) is 23.0 Å². The Morgan fingerprint density at radius 3 is 2.19 bits per heavy atom. The minimum Gasteiger partial charge on any atom is -0.508 e. The molecule has 0 radical (unpaired) electrons. The number of fused-ring (bicyclic) bond motifs is 2. The Hall–Kier alpha value is -3.55. The number of esters is 1. The van der Waals surface area contributed by atoms with Gasteiger partial charge in [-0.3, -0.25) is 0 Å². The number of carbonyl (C=O) groups excluding carboxylic acids is 1.